The molecule has 0 N–H and O–H groups in total. The molecule has 0 spiro atoms. The van der Waals surface area contributed by atoms with Gasteiger partial charge in [-0.05, 0) is 18.8 Å². The molecule has 1 saturated heterocycles. The number of nitrogens with zero attached hydrogens (tertiary/aromatic N) is 1. The van der Waals surface area contributed by atoms with Gasteiger partial charge in [0.05, 0.1) is 13.7 Å². The van der Waals surface area contributed by atoms with Crippen LogP contribution in [0.25, 0.3) is 0 Å². The average molecular weight is 229 g/mol. The molecule has 0 aliphatic carbocycles. The molecule has 16 heavy (non-hydrogen) atoms. The Balaban J connectivity index is 2.51. The second-order valence-corrected chi connectivity index (χ2v) is 4.35. The SMILES string of the molecule is COC(=O)N1CCCC1C(=O)OCC(C)C. The number of methoxy groups -OCH3 is 1. The number of esters is 1. The van der Waals surface area contributed by atoms with Gasteiger partial charge in [-0.1, -0.05) is 13.8 Å². The lowest BCUT2D eigenvalue weighted by molar-refractivity contribution is -0.149. The van der Waals surface area contributed by atoms with Gasteiger partial charge >= 0.3 is 12.1 Å². The van der Waals surface area contributed by atoms with Crippen LogP contribution < -0.4 is 0 Å². The minimum atomic E-state index is -0.466. The minimum absolute atomic E-state index is 0.303. The van der Waals surface area contributed by atoms with E-state index in [0.717, 1.165) is 6.42 Å². The summed E-state index contributed by atoms with van der Waals surface area (Å²) in [6.07, 6.45) is 1.02. The predicted octanol–water partition coefficient (Wildman–Crippen LogP) is 1.42. The third kappa shape index (κ3) is 3.12. The zero-order chi connectivity index (χ0) is 12.1. The third-order valence-electron chi connectivity index (χ3n) is 2.49. The highest BCUT2D eigenvalue weighted by atomic mass is 16.6. The van der Waals surface area contributed by atoms with Gasteiger partial charge in [0, 0.05) is 6.54 Å². The lowest BCUT2D eigenvalue weighted by Crippen LogP contribution is -2.41. The molecule has 0 aromatic rings. The third-order valence-corrected chi connectivity index (χ3v) is 2.49. The van der Waals surface area contributed by atoms with Crippen LogP contribution in [0.1, 0.15) is 26.7 Å². The lowest BCUT2D eigenvalue weighted by Gasteiger charge is -2.21. The zero-order valence-corrected chi connectivity index (χ0v) is 10.1. The molecule has 0 aromatic heterocycles. The van der Waals surface area contributed by atoms with Crippen LogP contribution >= 0.6 is 0 Å². The molecule has 1 unspecified atom stereocenters. The molecule has 0 radical (unpaired) electrons. The van der Waals surface area contributed by atoms with Gasteiger partial charge in [0.2, 0.25) is 0 Å². The maximum atomic E-state index is 11.7. The summed E-state index contributed by atoms with van der Waals surface area (Å²) in [6, 6.07) is -0.466. The van der Waals surface area contributed by atoms with E-state index in [1.54, 1.807) is 0 Å². The fourth-order valence-electron chi connectivity index (χ4n) is 1.69. The van der Waals surface area contributed by atoms with E-state index >= 15 is 0 Å². The molecule has 0 saturated carbocycles. The van der Waals surface area contributed by atoms with Crippen LogP contribution in [0.3, 0.4) is 0 Å². The highest BCUT2D eigenvalue weighted by Crippen LogP contribution is 2.19. The number of hydrogen-bond donors (Lipinski definition) is 0. The molecule has 1 aliphatic rings. The van der Waals surface area contributed by atoms with Crippen LogP contribution in [0, 0.1) is 5.92 Å². The topological polar surface area (TPSA) is 55.8 Å². The summed E-state index contributed by atoms with van der Waals surface area (Å²) in [5.74, 6) is -0.0199. The van der Waals surface area contributed by atoms with Crippen molar-refractivity contribution in [3.05, 3.63) is 0 Å². The number of amides is 1. The van der Waals surface area contributed by atoms with E-state index in [-0.39, 0.29) is 5.97 Å². The number of carbonyl (C=O) groups is 2. The van der Waals surface area contributed by atoms with Crippen molar-refractivity contribution in [2.45, 2.75) is 32.7 Å². The van der Waals surface area contributed by atoms with Crippen molar-refractivity contribution >= 4 is 12.1 Å². The molecule has 5 heteroatoms. The molecular formula is C11H19NO4. The van der Waals surface area contributed by atoms with Crippen molar-refractivity contribution in [3.8, 4) is 0 Å². The van der Waals surface area contributed by atoms with Gasteiger partial charge in [0.15, 0.2) is 0 Å². The molecule has 1 heterocycles. The number of likely N-dealkylation sites (tertiary alicyclic amines) is 1. The largest absolute Gasteiger partial charge is 0.464 e. The Labute approximate surface area is 95.7 Å². The fraction of sp³-hybridized carbons (Fsp3) is 0.818. The first-order chi connectivity index (χ1) is 7.56. The van der Waals surface area contributed by atoms with Gasteiger partial charge in [-0.2, -0.15) is 0 Å². The number of carbonyl (C=O) groups excluding carboxylic acids is 2. The quantitative estimate of drug-likeness (QED) is 0.687. The second-order valence-electron chi connectivity index (χ2n) is 4.35. The lowest BCUT2D eigenvalue weighted by atomic mass is 10.2. The summed E-state index contributed by atoms with van der Waals surface area (Å²) < 4.78 is 9.74. The summed E-state index contributed by atoms with van der Waals surface area (Å²) in [5, 5.41) is 0. The standard InChI is InChI=1S/C11H19NO4/c1-8(2)7-16-10(13)9-5-4-6-12(9)11(14)15-3/h8-9H,4-7H2,1-3H3. The van der Waals surface area contributed by atoms with E-state index in [4.69, 9.17) is 4.74 Å². The molecule has 1 aliphatic heterocycles. The van der Waals surface area contributed by atoms with Crippen LogP contribution in [0.15, 0.2) is 0 Å². The molecule has 1 amide bonds. The summed E-state index contributed by atoms with van der Waals surface area (Å²) in [7, 11) is 1.32. The van der Waals surface area contributed by atoms with Gasteiger partial charge in [-0.25, -0.2) is 9.59 Å². The monoisotopic (exact) mass is 229 g/mol. The second kappa shape index (κ2) is 5.72. The van der Waals surface area contributed by atoms with Crippen LogP contribution in [0.5, 0.6) is 0 Å². The molecule has 0 aromatic carbocycles. The Morgan fingerprint density at radius 1 is 1.44 bits per heavy atom. The molecule has 5 nitrogen and oxygen atoms in total. The average Bonchev–Trinajstić information content (AvgIpc) is 2.73. The van der Waals surface area contributed by atoms with Gasteiger partial charge in [-0.3, -0.25) is 4.90 Å². The van der Waals surface area contributed by atoms with Gasteiger partial charge in [-0.15, -0.1) is 0 Å². The summed E-state index contributed by atoms with van der Waals surface area (Å²) >= 11 is 0. The highest BCUT2D eigenvalue weighted by Gasteiger charge is 2.35. The van der Waals surface area contributed by atoms with Crippen molar-refractivity contribution < 1.29 is 19.1 Å². The van der Waals surface area contributed by atoms with Crippen LogP contribution in [0.4, 0.5) is 4.79 Å². The van der Waals surface area contributed by atoms with E-state index in [2.05, 4.69) is 4.74 Å². The van der Waals surface area contributed by atoms with E-state index in [1.807, 2.05) is 13.8 Å². The van der Waals surface area contributed by atoms with Gasteiger partial charge < -0.3 is 9.47 Å². The van der Waals surface area contributed by atoms with Crippen molar-refractivity contribution in [3.63, 3.8) is 0 Å². The van der Waals surface area contributed by atoms with Crippen molar-refractivity contribution in [2.24, 2.45) is 5.92 Å². The summed E-state index contributed by atoms with van der Waals surface area (Å²) in [6.45, 7) is 4.90. The normalized spacial score (nSPS) is 20.0. The molecular weight excluding hydrogens is 210 g/mol. The Morgan fingerprint density at radius 2 is 2.12 bits per heavy atom. The first-order valence-electron chi connectivity index (χ1n) is 5.57. The predicted molar refractivity (Wildman–Crippen MR) is 57.9 cm³/mol. The van der Waals surface area contributed by atoms with E-state index < -0.39 is 12.1 Å². The molecule has 1 fully saturated rings. The van der Waals surface area contributed by atoms with E-state index in [1.165, 1.54) is 12.0 Å². The Bertz CT molecular complexity index is 265. The van der Waals surface area contributed by atoms with Gasteiger partial charge in [0.1, 0.15) is 6.04 Å². The smallest absolute Gasteiger partial charge is 0.410 e. The Kier molecular flexibility index (Phi) is 4.58. The van der Waals surface area contributed by atoms with Crippen LogP contribution in [0.2, 0.25) is 0 Å². The van der Waals surface area contributed by atoms with Crippen molar-refractivity contribution in [1.29, 1.82) is 0 Å². The molecule has 0 bridgehead atoms. The molecule has 1 atom stereocenters. The highest BCUT2D eigenvalue weighted by molar-refractivity contribution is 5.82. The molecule has 1 rings (SSSR count). The summed E-state index contributed by atoms with van der Waals surface area (Å²) in [4.78, 5) is 24.5. The van der Waals surface area contributed by atoms with Gasteiger partial charge in [0.25, 0.3) is 0 Å². The molecule has 92 valence electrons. The summed E-state index contributed by atoms with van der Waals surface area (Å²) in [5.41, 5.74) is 0. The first kappa shape index (κ1) is 12.8. The minimum Gasteiger partial charge on any atom is -0.464 e. The van der Waals surface area contributed by atoms with Crippen LogP contribution in [-0.2, 0) is 14.3 Å². The zero-order valence-electron chi connectivity index (χ0n) is 10.1. The van der Waals surface area contributed by atoms with Crippen LogP contribution in [-0.4, -0.2) is 43.3 Å². The van der Waals surface area contributed by atoms with Crippen molar-refractivity contribution in [2.75, 3.05) is 20.3 Å². The van der Waals surface area contributed by atoms with E-state index in [0.29, 0.717) is 25.5 Å². The maximum absolute atomic E-state index is 11.7. The number of hydrogen-bond acceptors (Lipinski definition) is 4. The fourth-order valence-corrected chi connectivity index (χ4v) is 1.69. The number of ether oxygens (including phenoxy) is 2. The van der Waals surface area contributed by atoms with Crippen molar-refractivity contribution in [1.82, 2.24) is 4.90 Å². The first-order valence-corrected chi connectivity index (χ1v) is 5.57. The Morgan fingerprint density at radius 3 is 2.69 bits per heavy atom. The van der Waals surface area contributed by atoms with E-state index in [9.17, 15) is 9.59 Å². The Hall–Kier alpha value is -1.26. The maximum Gasteiger partial charge on any atom is 0.410 e. The number of rotatable bonds is 3.